The van der Waals surface area contributed by atoms with E-state index in [9.17, 15) is 18.0 Å². The van der Waals surface area contributed by atoms with Crippen LogP contribution in [0.25, 0.3) is 0 Å². The molecule has 2 aromatic rings. The molecule has 7 heteroatoms. The summed E-state index contributed by atoms with van der Waals surface area (Å²) in [5.41, 5.74) is 5.77. The van der Waals surface area contributed by atoms with Crippen LogP contribution in [0.2, 0.25) is 0 Å². The first-order valence-corrected chi connectivity index (χ1v) is 10.3. The number of amides is 1. The largest absolute Gasteiger partial charge is 0.345 e. The fraction of sp³-hybridized carbons (Fsp3) is 0.300. The summed E-state index contributed by atoms with van der Waals surface area (Å²) in [5, 5.41) is 2.94. The summed E-state index contributed by atoms with van der Waals surface area (Å²) >= 11 is 0. The second-order valence-corrected chi connectivity index (χ2v) is 9.28. The van der Waals surface area contributed by atoms with Crippen LogP contribution in [0.3, 0.4) is 0 Å². The topological polar surface area (TPSA) is 106 Å². The molecule has 1 saturated carbocycles. The lowest BCUT2D eigenvalue weighted by molar-refractivity contribution is 0.0896. The Hall–Kier alpha value is -2.51. The van der Waals surface area contributed by atoms with Gasteiger partial charge in [-0.25, -0.2) is 8.42 Å². The summed E-state index contributed by atoms with van der Waals surface area (Å²) < 4.78 is 25.9. The quantitative estimate of drug-likeness (QED) is 0.715. The lowest BCUT2D eigenvalue weighted by Gasteiger charge is -2.29. The lowest BCUT2D eigenvalue weighted by atomic mass is 9.95. The summed E-state index contributed by atoms with van der Waals surface area (Å²) in [6.45, 7) is 2.20. The SMILES string of the molecule is CC(CN)(NC(=O)c1ccc2c(c1)S(=O)(=O)c1ccccc1C2=O)C1CC1. The molecular formula is C20H20N2O4S. The Morgan fingerprint density at radius 2 is 1.81 bits per heavy atom. The molecule has 1 fully saturated rings. The molecule has 2 aliphatic rings. The summed E-state index contributed by atoms with van der Waals surface area (Å²) in [6.07, 6.45) is 2.02. The monoisotopic (exact) mass is 384 g/mol. The maximum atomic E-state index is 13.0. The first-order chi connectivity index (χ1) is 12.8. The van der Waals surface area contributed by atoms with Crippen LogP contribution in [0.4, 0.5) is 0 Å². The maximum Gasteiger partial charge on any atom is 0.251 e. The van der Waals surface area contributed by atoms with Crippen molar-refractivity contribution in [2.45, 2.75) is 35.1 Å². The molecule has 27 heavy (non-hydrogen) atoms. The predicted octanol–water partition coefficient (Wildman–Crippen LogP) is 1.92. The van der Waals surface area contributed by atoms with Gasteiger partial charge in [0, 0.05) is 23.2 Å². The normalized spacial score (nSPS) is 19.6. The van der Waals surface area contributed by atoms with Crippen molar-refractivity contribution in [2.24, 2.45) is 11.7 Å². The van der Waals surface area contributed by atoms with Gasteiger partial charge in [0.1, 0.15) is 0 Å². The maximum absolute atomic E-state index is 13.0. The number of rotatable bonds is 4. The van der Waals surface area contributed by atoms with E-state index in [2.05, 4.69) is 5.32 Å². The number of carbonyl (C=O) groups is 2. The van der Waals surface area contributed by atoms with Gasteiger partial charge < -0.3 is 11.1 Å². The first kappa shape index (κ1) is 17.9. The van der Waals surface area contributed by atoms with Crippen molar-refractivity contribution in [2.75, 3.05) is 6.54 Å². The third-order valence-electron chi connectivity index (χ3n) is 5.50. The molecule has 0 radical (unpaired) electrons. The van der Waals surface area contributed by atoms with E-state index >= 15 is 0 Å². The smallest absolute Gasteiger partial charge is 0.251 e. The van der Waals surface area contributed by atoms with E-state index in [-0.39, 0.29) is 38.2 Å². The van der Waals surface area contributed by atoms with Crippen LogP contribution in [-0.2, 0) is 9.84 Å². The Kier molecular flexibility index (Phi) is 3.98. The zero-order valence-corrected chi connectivity index (χ0v) is 15.7. The molecule has 3 N–H and O–H groups in total. The molecule has 0 aromatic heterocycles. The third-order valence-corrected chi connectivity index (χ3v) is 7.35. The molecule has 6 nitrogen and oxygen atoms in total. The zero-order chi connectivity index (χ0) is 19.4. The van der Waals surface area contributed by atoms with Gasteiger partial charge >= 0.3 is 0 Å². The number of sulfone groups is 1. The Labute approximate surface area is 157 Å². The average molecular weight is 384 g/mol. The molecular weight excluding hydrogens is 364 g/mol. The van der Waals surface area contributed by atoms with Crippen molar-refractivity contribution in [3.05, 3.63) is 59.2 Å². The van der Waals surface area contributed by atoms with Crippen LogP contribution < -0.4 is 11.1 Å². The van der Waals surface area contributed by atoms with Gasteiger partial charge in [-0.05, 0) is 56.0 Å². The number of nitrogens with two attached hydrogens (primary N) is 1. The zero-order valence-electron chi connectivity index (χ0n) is 14.9. The highest BCUT2D eigenvalue weighted by molar-refractivity contribution is 7.91. The van der Waals surface area contributed by atoms with Crippen molar-refractivity contribution in [3.63, 3.8) is 0 Å². The molecule has 140 valence electrons. The van der Waals surface area contributed by atoms with Gasteiger partial charge in [0.25, 0.3) is 5.91 Å². The van der Waals surface area contributed by atoms with Crippen molar-refractivity contribution < 1.29 is 18.0 Å². The number of hydrogen-bond acceptors (Lipinski definition) is 5. The van der Waals surface area contributed by atoms with E-state index in [1.807, 2.05) is 6.92 Å². The van der Waals surface area contributed by atoms with Gasteiger partial charge in [-0.3, -0.25) is 9.59 Å². The number of benzene rings is 2. The molecule has 2 aromatic carbocycles. The third kappa shape index (κ3) is 2.78. The second-order valence-electron chi connectivity index (χ2n) is 7.39. The van der Waals surface area contributed by atoms with Crippen molar-refractivity contribution in [1.29, 1.82) is 0 Å². The summed E-state index contributed by atoms with van der Waals surface area (Å²) in [6, 6.07) is 10.3. The standard InChI is InChI=1S/C20H20N2O4S/c1-20(11-21,13-7-8-13)22-19(24)12-6-9-15-17(10-12)27(25,26)16-5-3-2-4-14(16)18(15)23/h2-6,9-10,13H,7-8,11,21H2,1H3,(H,22,24). The van der Waals surface area contributed by atoms with Gasteiger partial charge in [-0.15, -0.1) is 0 Å². The van der Waals surface area contributed by atoms with Crippen molar-refractivity contribution >= 4 is 21.5 Å². The van der Waals surface area contributed by atoms with Gasteiger partial charge in [0.2, 0.25) is 9.84 Å². The first-order valence-electron chi connectivity index (χ1n) is 8.83. The summed E-state index contributed by atoms with van der Waals surface area (Å²) in [5.74, 6) is -0.410. The van der Waals surface area contributed by atoms with E-state index in [0.29, 0.717) is 12.5 Å². The molecule has 1 atom stereocenters. The highest BCUT2D eigenvalue weighted by atomic mass is 32.2. The molecule has 1 aliphatic heterocycles. The Balaban J connectivity index is 1.75. The van der Waals surface area contributed by atoms with E-state index in [0.717, 1.165) is 12.8 Å². The number of carbonyl (C=O) groups excluding carboxylic acids is 2. The molecule has 0 bridgehead atoms. The van der Waals surface area contributed by atoms with Gasteiger partial charge in [-0.1, -0.05) is 12.1 Å². The Bertz CT molecular complexity index is 1070. The van der Waals surface area contributed by atoms with Gasteiger partial charge in [0.05, 0.1) is 15.3 Å². The van der Waals surface area contributed by atoms with Crippen LogP contribution in [0.15, 0.2) is 52.3 Å². The van der Waals surface area contributed by atoms with E-state index in [4.69, 9.17) is 5.73 Å². The molecule has 4 rings (SSSR count). The second kappa shape index (κ2) is 6.00. The number of nitrogens with one attached hydrogen (secondary N) is 1. The van der Waals surface area contributed by atoms with Crippen molar-refractivity contribution in [3.8, 4) is 0 Å². The molecule has 1 unspecified atom stereocenters. The molecule has 1 aliphatic carbocycles. The number of ketones is 1. The fourth-order valence-corrected chi connectivity index (χ4v) is 5.27. The van der Waals surface area contributed by atoms with E-state index < -0.39 is 15.4 Å². The van der Waals surface area contributed by atoms with Gasteiger partial charge in [-0.2, -0.15) is 0 Å². The minimum atomic E-state index is -3.87. The lowest BCUT2D eigenvalue weighted by Crippen LogP contribution is -2.53. The van der Waals surface area contributed by atoms with Crippen LogP contribution in [0, 0.1) is 5.92 Å². The van der Waals surface area contributed by atoms with Crippen LogP contribution >= 0.6 is 0 Å². The Morgan fingerprint density at radius 1 is 1.15 bits per heavy atom. The highest BCUT2D eigenvalue weighted by Gasteiger charge is 2.42. The van der Waals surface area contributed by atoms with E-state index in [1.54, 1.807) is 12.1 Å². The molecule has 1 heterocycles. The molecule has 1 amide bonds. The van der Waals surface area contributed by atoms with Crippen LogP contribution in [-0.4, -0.2) is 32.2 Å². The summed E-state index contributed by atoms with van der Waals surface area (Å²) in [4.78, 5) is 25.2. The summed E-state index contributed by atoms with van der Waals surface area (Å²) in [7, 11) is -3.87. The Morgan fingerprint density at radius 3 is 2.48 bits per heavy atom. The van der Waals surface area contributed by atoms with Gasteiger partial charge in [0.15, 0.2) is 5.78 Å². The van der Waals surface area contributed by atoms with Crippen LogP contribution in [0.1, 0.15) is 46.0 Å². The predicted molar refractivity (Wildman–Crippen MR) is 99.4 cm³/mol. The fourth-order valence-electron chi connectivity index (χ4n) is 3.60. The molecule has 0 saturated heterocycles. The average Bonchev–Trinajstić information content (AvgIpc) is 3.52. The highest BCUT2D eigenvalue weighted by Crippen LogP contribution is 2.39. The van der Waals surface area contributed by atoms with Crippen molar-refractivity contribution in [1.82, 2.24) is 5.32 Å². The van der Waals surface area contributed by atoms with E-state index in [1.165, 1.54) is 30.3 Å². The minimum absolute atomic E-state index is 0.0233. The number of fused-ring (bicyclic) bond motifs is 2. The van der Waals surface area contributed by atoms with Crippen LogP contribution in [0.5, 0.6) is 0 Å². The number of hydrogen-bond donors (Lipinski definition) is 2. The molecule has 0 spiro atoms. The minimum Gasteiger partial charge on any atom is -0.345 e.